The summed E-state index contributed by atoms with van der Waals surface area (Å²) in [6, 6.07) is 5.75. The van der Waals surface area contributed by atoms with E-state index >= 15 is 0 Å². The van der Waals surface area contributed by atoms with Gasteiger partial charge in [0.25, 0.3) is 0 Å². The van der Waals surface area contributed by atoms with Gasteiger partial charge in [-0.05, 0) is 29.3 Å². The van der Waals surface area contributed by atoms with Crippen LogP contribution < -0.4 is 0 Å². The Hall–Kier alpha value is -0.190. The molecular formula is C8H11NOS2. The molecule has 1 N–H and O–H groups in total. The molecule has 2 nitrogen and oxygen atoms in total. The zero-order valence-electron chi connectivity index (χ0n) is 6.80. The molecule has 0 bridgehead atoms. The van der Waals surface area contributed by atoms with Crippen LogP contribution in [0.15, 0.2) is 29.4 Å². The van der Waals surface area contributed by atoms with Gasteiger partial charge in [-0.1, -0.05) is 23.8 Å². The molecule has 0 saturated heterocycles. The molecule has 0 amide bonds. The molecule has 1 atom stereocenters. The van der Waals surface area contributed by atoms with Gasteiger partial charge in [-0.25, -0.2) is 4.98 Å². The largest absolute Gasteiger partial charge is 0.382 e. The van der Waals surface area contributed by atoms with Crippen molar-refractivity contribution in [3.05, 3.63) is 24.4 Å². The summed E-state index contributed by atoms with van der Waals surface area (Å²) >= 11 is 0. The Morgan fingerprint density at radius 2 is 2.42 bits per heavy atom. The summed E-state index contributed by atoms with van der Waals surface area (Å²) in [5.74, 6) is 0. The topological polar surface area (TPSA) is 33.1 Å². The Balaban J connectivity index is 2.33. The van der Waals surface area contributed by atoms with Crippen LogP contribution in [0.4, 0.5) is 0 Å². The highest BCUT2D eigenvalue weighted by Gasteiger charge is 2.02. The molecule has 0 aliphatic rings. The van der Waals surface area contributed by atoms with E-state index in [1.165, 1.54) is 21.6 Å². The fraction of sp³-hybridized carbons (Fsp3) is 0.375. The maximum Gasteiger partial charge on any atom is 0.109 e. The van der Waals surface area contributed by atoms with Crippen LogP contribution in [0.3, 0.4) is 0 Å². The van der Waals surface area contributed by atoms with Gasteiger partial charge >= 0.3 is 0 Å². The lowest BCUT2D eigenvalue weighted by Gasteiger charge is -2.04. The fourth-order valence-electron chi connectivity index (χ4n) is 0.569. The van der Waals surface area contributed by atoms with Crippen molar-refractivity contribution in [3.63, 3.8) is 0 Å². The van der Waals surface area contributed by atoms with Gasteiger partial charge in [-0.2, -0.15) is 0 Å². The normalized spacial score (nSPS) is 12.8. The van der Waals surface area contributed by atoms with E-state index in [9.17, 15) is 5.11 Å². The van der Waals surface area contributed by atoms with Crippen molar-refractivity contribution in [2.45, 2.75) is 23.8 Å². The number of nitrogens with zero attached hydrogens (tertiary/aromatic N) is 1. The van der Waals surface area contributed by atoms with Crippen molar-refractivity contribution in [2.75, 3.05) is 0 Å². The van der Waals surface area contributed by atoms with E-state index in [1.807, 2.05) is 25.1 Å². The molecule has 0 fully saturated rings. The summed E-state index contributed by atoms with van der Waals surface area (Å²) in [7, 11) is 2.95. The average Bonchev–Trinajstić information content (AvgIpc) is 2.16. The zero-order valence-corrected chi connectivity index (χ0v) is 8.44. The molecule has 0 spiro atoms. The van der Waals surface area contributed by atoms with Crippen LogP contribution in [-0.4, -0.2) is 15.5 Å². The number of pyridine rings is 1. The Morgan fingerprint density at radius 3 is 3.00 bits per heavy atom. The summed E-state index contributed by atoms with van der Waals surface area (Å²) in [5.41, 5.74) is -0.294. The maximum absolute atomic E-state index is 9.23. The maximum atomic E-state index is 9.23. The number of aliphatic hydroxyl groups is 1. The number of hydrogen-bond acceptors (Lipinski definition) is 4. The number of hydrogen-bond donors (Lipinski definition) is 1. The third-order valence-electron chi connectivity index (χ3n) is 1.23. The Morgan fingerprint density at radius 1 is 1.58 bits per heavy atom. The highest BCUT2D eigenvalue weighted by Crippen LogP contribution is 2.32. The number of aliphatic hydroxyl groups excluding tert-OH is 1. The molecule has 1 rings (SSSR count). The van der Waals surface area contributed by atoms with Gasteiger partial charge in [0.1, 0.15) is 10.5 Å². The number of rotatable bonds is 4. The highest BCUT2D eigenvalue weighted by molar-refractivity contribution is 8.76. The van der Waals surface area contributed by atoms with Gasteiger partial charge in [-0.3, -0.25) is 0 Å². The van der Waals surface area contributed by atoms with Crippen LogP contribution in [0, 0.1) is 0 Å². The molecule has 0 saturated carbocycles. The molecule has 0 aliphatic carbocycles. The smallest absolute Gasteiger partial charge is 0.109 e. The van der Waals surface area contributed by atoms with Gasteiger partial charge in [0.05, 0.1) is 0 Å². The van der Waals surface area contributed by atoms with Crippen molar-refractivity contribution in [2.24, 2.45) is 0 Å². The summed E-state index contributed by atoms with van der Waals surface area (Å²) in [4.78, 5) is 4.12. The van der Waals surface area contributed by atoms with Crippen LogP contribution >= 0.6 is 21.6 Å². The van der Waals surface area contributed by atoms with Gasteiger partial charge in [0.15, 0.2) is 0 Å². The number of aromatic nitrogens is 1. The van der Waals surface area contributed by atoms with E-state index in [0.29, 0.717) is 0 Å². The summed E-state index contributed by atoms with van der Waals surface area (Å²) in [5, 5.41) is 10.2. The first-order valence-corrected chi connectivity index (χ1v) is 5.96. The molecule has 66 valence electrons. The first-order valence-electron chi connectivity index (χ1n) is 3.75. The molecule has 1 aromatic rings. The minimum atomic E-state index is -0.294. The van der Waals surface area contributed by atoms with Crippen molar-refractivity contribution in [1.82, 2.24) is 4.98 Å². The Kier molecular flexibility index (Phi) is 4.50. The molecule has 0 aromatic carbocycles. The SMILES string of the molecule is CC[C@H](O)SSc1ccccn1. The molecule has 1 aromatic heterocycles. The Labute approximate surface area is 80.2 Å². The fourth-order valence-corrected chi connectivity index (χ4v) is 2.49. The van der Waals surface area contributed by atoms with E-state index in [1.54, 1.807) is 6.20 Å². The lowest BCUT2D eigenvalue weighted by molar-refractivity contribution is 0.261. The first-order chi connectivity index (χ1) is 5.83. The quantitative estimate of drug-likeness (QED) is 0.599. The van der Waals surface area contributed by atoms with Crippen molar-refractivity contribution >= 4 is 21.6 Å². The van der Waals surface area contributed by atoms with E-state index in [2.05, 4.69) is 4.98 Å². The van der Waals surface area contributed by atoms with Gasteiger partial charge in [0.2, 0.25) is 0 Å². The molecule has 4 heteroatoms. The third kappa shape index (κ3) is 3.47. The third-order valence-corrected chi connectivity index (χ3v) is 3.76. The second-order valence-electron chi connectivity index (χ2n) is 2.21. The van der Waals surface area contributed by atoms with Gasteiger partial charge < -0.3 is 5.11 Å². The molecule has 0 aliphatic heterocycles. The summed E-state index contributed by atoms with van der Waals surface area (Å²) < 4.78 is 0. The summed E-state index contributed by atoms with van der Waals surface area (Å²) in [6.07, 6.45) is 2.52. The Bertz CT molecular complexity index is 218. The average molecular weight is 201 g/mol. The minimum Gasteiger partial charge on any atom is -0.382 e. The van der Waals surface area contributed by atoms with Crippen molar-refractivity contribution in [1.29, 1.82) is 0 Å². The van der Waals surface area contributed by atoms with Crippen LogP contribution in [0.25, 0.3) is 0 Å². The van der Waals surface area contributed by atoms with Crippen molar-refractivity contribution < 1.29 is 5.11 Å². The van der Waals surface area contributed by atoms with Gasteiger partial charge in [-0.15, -0.1) is 0 Å². The minimum absolute atomic E-state index is 0.294. The highest BCUT2D eigenvalue weighted by atomic mass is 33.1. The molecule has 0 unspecified atom stereocenters. The standard InChI is InChI=1S/C8H11NOS2/c1-2-8(10)12-11-7-5-3-4-6-9-7/h3-6,8,10H,2H2,1H3/t8-/m1/s1. The van der Waals surface area contributed by atoms with Crippen molar-refractivity contribution in [3.8, 4) is 0 Å². The van der Waals surface area contributed by atoms with E-state index in [0.717, 1.165) is 11.4 Å². The van der Waals surface area contributed by atoms with E-state index in [-0.39, 0.29) is 5.44 Å². The zero-order chi connectivity index (χ0) is 8.81. The predicted molar refractivity (Wildman–Crippen MR) is 54.0 cm³/mol. The molecule has 12 heavy (non-hydrogen) atoms. The second kappa shape index (κ2) is 5.45. The van der Waals surface area contributed by atoms with Crippen LogP contribution in [0.5, 0.6) is 0 Å². The predicted octanol–water partition coefficient (Wildman–Crippen LogP) is 2.55. The second-order valence-corrected chi connectivity index (χ2v) is 4.61. The molecule has 1 heterocycles. The lowest BCUT2D eigenvalue weighted by atomic mass is 10.5. The van der Waals surface area contributed by atoms with Gasteiger partial charge in [0, 0.05) is 6.20 Å². The molecular weight excluding hydrogens is 190 g/mol. The van der Waals surface area contributed by atoms with E-state index < -0.39 is 0 Å². The first kappa shape index (κ1) is 9.89. The van der Waals surface area contributed by atoms with Crippen LogP contribution in [0.1, 0.15) is 13.3 Å². The lowest BCUT2D eigenvalue weighted by Crippen LogP contribution is -1.94. The monoisotopic (exact) mass is 201 g/mol. The molecule has 0 radical (unpaired) electrons. The van der Waals surface area contributed by atoms with Crippen LogP contribution in [0.2, 0.25) is 0 Å². The van der Waals surface area contributed by atoms with Crippen LogP contribution in [-0.2, 0) is 0 Å². The summed E-state index contributed by atoms with van der Waals surface area (Å²) in [6.45, 7) is 1.96. The van der Waals surface area contributed by atoms with E-state index in [4.69, 9.17) is 0 Å².